The Labute approximate surface area is 135 Å². The van der Waals surface area contributed by atoms with Gasteiger partial charge in [-0.2, -0.15) is 0 Å². The number of rotatable bonds is 2. The summed E-state index contributed by atoms with van der Waals surface area (Å²) in [7, 11) is 1.65. The van der Waals surface area contributed by atoms with Crippen LogP contribution in [-0.2, 0) is 11.2 Å². The Hall–Kier alpha value is -2.00. The summed E-state index contributed by atoms with van der Waals surface area (Å²) in [4.78, 5) is 14.0. The predicted molar refractivity (Wildman–Crippen MR) is 87.4 cm³/mol. The van der Waals surface area contributed by atoms with E-state index in [1.807, 2.05) is 41.3 Å². The van der Waals surface area contributed by atoms with E-state index in [1.165, 1.54) is 5.56 Å². The minimum atomic E-state index is -0.116. The van der Waals surface area contributed by atoms with Crippen molar-refractivity contribution >= 4 is 17.5 Å². The van der Waals surface area contributed by atoms with Crippen molar-refractivity contribution in [3.63, 3.8) is 0 Å². The molecule has 114 valence electrons. The molecule has 0 radical (unpaired) electrons. The van der Waals surface area contributed by atoms with Gasteiger partial charge in [0, 0.05) is 18.5 Å². The largest absolute Gasteiger partial charge is 0.497 e. The first-order valence-corrected chi connectivity index (χ1v) is 7.67. The Morgan fingerprint density at radius 2 is 2.09 bits per heavy atom. The lowest BCUT2D eigenvalue weighted by Crippen LogP contribution is -2.39. The molecule has 0 N–H and O–H groups in total. The lowest BCUT2D eigenvalue weighted by molar-refractivity contribution is -0.130. The van der Waals surface area contributed by atoms with Crippen molar-refractivity contribution in [2.24, 2.45) is 0 Å². The summed E-state index contributed by atoms with van der Waals surface area (Å²) in [5.74, 6) is 0.870. The average Bonchev–Trinajstić information content (AvgIpc) is 2.53. The van der Waals surface area contributed by atoms with Crippen molar-refractivity contribution < 1.29 is 9.53 Å². The third-order valence-electron chi connectivity index (χ3n) is 4.15. The van der Waals surface area contributed by atoms with E-state index in [0.29, 0.717) is 11.6 Å². The van der Waals surface area contributed by atoms with Crippen molar-refractivity contribution in [3.05, 3.63) is 64.2 Å². The van der Waals surface area contributed by atoms with Gasteiger partial charge < -0.3 is 9.64 Å². The highest BCUT2D eigenvalue weighted by Gasteiger charge is 2.30. The maximum absolute atomic E-state index is 12.1. The molecule has 0 saturated carbocycles. The Morgan fingerprint density at radius 3 is 2.77 bits per heavy atom. The highest BCUT2D eigenvalue weighted by atomic mass is 35.5. The van der Waals surface area contributed by atoms with Gasteiger partial charge in [-0.3, -0.25) is 4.79 Å². The van der Waals surface area contributed by atoms with Crippen LogP contribution >= 0.6 is 11.6 Å². The molecule has 2 aromatic carbocycles. The minimum absolute atomic E-state index is 0.0680. The summed E-state index contributed by atoms with van der Waals surface area (Å²) < 4.78 is 5.35. The summed E-state index contributed by atoms with van der Waals surface area (Å²) in [5.41, 5.74) is 3.39. The monoisotopic (exact) mass is 315 g/mol. The third-order valence-corrected chi connectivity index (χ3v) is 4.39. The number of carbonyl (C=O) groups is 1. The van der Waals surface area contributed by atoms with Gasteiger partial charge in [-0.1, -0.05) is 29.8 Å². The molecule has 0 fully saturated rings. The lowest BCUT2D eigenvalue weighted by Gasteiger charge is -2.37. The van der Waals surface area contributed by atoms with Crippen molar-refractivity contribution in [1.29, 1.82) is 0 Å². The van der Waals surface area contributed by atoms with E-state index in [-0.39, 0.29) is 11.9 Å². The van der Waals surface area contributed by atoms with Crippen molar-refractivity contribution in [3.8, 4) is 5.75 Å². The first-order valence-electron chi connectivity index (χ1n) is 7.29. The predicted octanol–water partition coefficient (Wildman–Crippen LogP) is 3.84. The molecule has 1 aliphatic rings. The molecule has 22 heavy (non-hydrogen) atoms. The molecule has 0 bridgehead atoms. The fourth-order valence-corrected chi connectivity index (χ4v) is 3.29. The number of carbonyl (C=O) groups excluding carboxylic acids is 1. The molecule has 4 heteroatoms. The molecule has 0 saturated heterocycles. The SMILES string of the molecule is COc1ccc2c(c1)C(c1cccc(Cl)c1)N(C(C)=O)CC2. The Kier molecular flexibility index (Phi) is 4.08. The number of hydrogen-bond acceptors (Lipinski definition) is 2. The second-order valence-corrected chi connectivity index (χ2v) is 5.92. The number of benzene rings is 2. The number of fused-ring (bicyclic) bond motifs is 1. The van der Waals surface area contributed by atoms with E-state index >= 15 is 0 Å². The lowest BCUT2D eigenvalue weighted by atomic mass is 9.88. The first-order chi connectivity index (χ1) is 10.6. The number of hydrogen-bond donors (Lipinski definition) is 0. The number of ether oxygens (including phenoxy) is 1. The zero-order valence-corrected chi connectivity index (χ0v) is 13.4. The molecular weight excluding hydrogens is 298 g/mol. The van der Waals surface area contributed by atoms with Crippen LogP contribution in [0.5, 0.6) is 5.75 Å². The van der Waals surface area contributed by atoms with Crippen molar-refractivity contribution in [2.45, 2.75) is 19.4 Å². The van der Waals surface area contributed by atoms with E-state index in [9.17, 15) is 4.79 Å². The number of halogens is 1. The summed E-state index contributed by atoms with van der Waals surface area (Å²) in [6, 6.07) is 13.7. The second kappa shape index (κ2) is 6.01. The van der Waals surface area contributed by atoms with Gasteiger partial charge in [0.05, 0.1) is 13.2 Å². The van der Waals surface area contributed by atoms with E-state index in [1.54, 1.807) is 14.0 Å². The van der Waals surface area contributed by atoms with E-state index in [0.717, 1.165) is 23.3 Å². The standard InChI is InChI=1S/C18H18ClNO2/c1-12(21)20-9-8-13-6-7-16(22-2)11-17(13)18(20)14-4-3-5-15(19)10-14/h3-7,10-11,18H,8-9H2,1-2H3. The molecule has 3 rings (SSSR count). The highest BCUT2D eigenvalue weighted by Crippen LogP contribution is 2.37. The summed E-state index contributed by atoms with van der Waals surface area (Å²) in [6.07, 6.45) is 0.857. The molecule has 2 aromatic rings. The summed E-state index contributed by atoms with van der Waals surface area (Å²) >= 11 is 6.15. The van der Waals surface area contributed by atoms with Crippen molar-refractivity contribution in [2.75, 3.05) is 13.7 Å². The summed E-state index contributed by atoms with van der Waals surface area (Å²) in [6.45, 7) is 2.33. The van der Waals surface area contributed by atoms with Crippen LogP contribution in [0, 0.1) is 0 Å². The van der Waals surface area contributed by atoms with Gasteiger partial charge in [0.15, 0.2) is 0 Å². The van der Waals surface area contributed by atoms with E-state index in [4.69, 9.17) is 16.3 Å². The number of nitrogens with zero attached hydrogens (tertiary/aromatic N) is 1. The van der Waals surface area contributed by atoms with Crippen LogP contribution in [0.2, 0.25) is 5.02 Å². The van der Waals surface area contributed by atoms with Gasteiger partial charge in [0.2, 0.25) is 5.91 Å². The Balaban J connectivity index is 2.16. The van der Waals surface area contributed by atoms with Gasteiger partial charge in [0.25, 0.3) is 0 Å². The average molecular weight is 316 g/mol. The first kappa shape index (κ1) is 14.9. The Morgan fingerprint density at radius 1 is 1.27 bits per heavy atom. The maximum Gasteiger partial charge on any atom is 0.220 e. The van der Waals surface area contributed by atoms with Gasteiger partial charge in [-0.15, -0.1) is 0 Å². The zero-order valence-electron chi connectivity index (χ0n) is 12.7. The smallest absolute Gasteiger partial charge is 0.220 e. The highest BCUT2D eigenvalue weighted by molar-refractivity contribution is 6.30. The zero-order chi connectivity index (χ0) is 15.7. The maximum atomic E-state index is 12.1. The molecule has 1 amide bonds. The van der Waals surface area contributed by atoms with Gasteiger partial charge in [-0.05, 0) is 47.4 Å². The van der Waals surface area contributed by atoms with E-state index in [2.05, 4.69) is 6.07 Å². The fourth-order valence-electron chi connectivity index (χ4n) is 3.10. The van der Waals surface area contributed by atoms with Crippen LogP contribution in [0.25, 0.3) is 0 Å². The van der Waals surface area contributed by atoms with Crippen LogP contribution in [0.1, 0.15) is 29.7 Å². The molecule has 1 unspecified atom stereocenters. The quantitative estimate of drug-likeness (QED) is 0.842. The topological polar surface area (TPSA) is 29.5 Å². The van der Waals surface area contributed by atoms with Crippen LogP contribution < -0.4 is 4.74 Å². The molecule has 1 aliphatic heterocycles. The molecule has 1 atom stereocenters. The number of methoxy groups -OCH3 is 1. The van der Waals surface area contributed by atoms with Gasteiger partial charge in [0.1, 0.15) is 5.75 Å². The molecule has 1 heterocycles. The summed E-state index contributed by atoms with van der Waals surface area (Å²) in [5, 5.41) is 0.677. The molecular formula is C18H18ClNO2. The minimum Gasteiger partial charge on any atom is -0.497 e. The van der Waals surface area contributed by atoms with Crippen molar-refractivity contribution in [1.82, 2.24) is 4.90 Å². The Bertz CT molecular complexity index is 714. The molecule has 0 spiro atoms. The molecule has 0 aliphatic carbocycles. The van der Waals surface area contributed by atoms with Crippen LogP contribution in [0.3, 0.4) is 0 Å². The van der Waals surface area contributed by atoms with Gasteiger partial charge in [-0.25, -0.2) is 0 Å². The number of amides is 1. The molecule has 0 aromatic heterocycles. The fraction of sp³-hybridized carbons (Fsp3) is 0.278. The van der Waals surface area contributed by atoms with Crippen LogP contribution in [-0.4, -0.2) is 24.5 Å². The second-order valence-electron chi connectivity index (χ2n) is 5.48. The normalized spacial score (nSPS) is 17.0. The third kappa shape index (κ3) is 2.69. The van der Waals surface area contributed by atoms with Gasteiger partial charge >= 0.3 is 0 Å². The van der Waals surface area contributed by atoms with E-state index < -0.39 is 0 Å². The van der Waals surface area contributed by atoms with Crippen LogP contribution in [0.15, 0.2) is 42.5 Å². The molecule has 3 nitrogen and oxygen atoms in total. The van der Waals surface area contributed by atoms with Crippen LogP contribution in [0.4, 0.5) is 0 Å².